The Morgan fingerprint density at radius 2 is 0.967 bits per heavy atom. The van der Waals surface area contributed by atoms with Gasteiger partial charge in [-0.1, -0.05) is 153 Å². The summed E-state index contributed by atoms with van der Waals surface area (Å²) >= 11 is 0. The van der Waals surface area contributed by atoms with Crippen LogP contribution in [0.2, 0.25) is 0 Å². The minimum absolute atomic E-state index is 0.183. The summed E-state index contributed by atoms with van der Waals surface area (Å²) in [6.07, 6.45) is 0. The molecule has 284 valence electrons. The smallest absolute Gasteiger partial charge is 0.137 e. The molecule has 0 bridgehead atoms. The summed E-state index contributed by atoms with van der Waals surface area (Å²) in [5, 5.41) is 4.37. The standard InChI is InChI=1S/C57H39NO2/c1-57(2)48-22-12-9-19-41(48)42-29-26-39(34-49(42)57)58(40-27-30-44-43-20-10-13-23-51(43)60-54(44)35-40)50-31-32-53-56(46-21-11-14-24-52(46)59-53)55(50)45-28-25-38(36-15-5-3-6-16-36)33-47(45)37-17-7-4-8-18-37/h3-35H,1-2H3. The zero-order valence-corrected chi connectivity index (χ0v) is 33.3. The highest BCUT2D eigenvalue weighted by Crippen LogP contribution is 2.54. The van der Waals surface area contributed by atoms with E-state index in [-0.39, 0.29) is 5.41 Å². The van der Waals surface area contributed by atoms with Crippen molar-refractivity contribution in [3.63, 3.8) is 0 Å². The first-order valence-corrected chi connectivity index (χ1v) is 20.7. The monoisotopic (exact) mass is 769 g/mol. The number of rotatable bonds is 6. The normalized spacial score (nSPS) is 13.0. The Hall–Kier alpha value is -7.62. The molecule has 0 spiro atoms. The van der Waals surface area contributed by atoms with Crippen molar-refractivity contribution in [2.75, 3.05) is 4.90 Å². The van der Waals surface area contributed by atoms with Crippen molar-refractivity contribution >= 4 is 60.9 Å². The van der Waals surface area contributed by atoms with Gasteiger partial charge in [0.15, 0.2) is 0 Å². The molecule has 9 aromatic carbocycles. The fourth-order valence-corrected chi connectivity index (χ4v) is 9.81. The molecule has 0 unspecified atom stereocenters. The van der Waals surface area contributed by atoms with E-state index in [0.717, 1.165) is 88.8 Å². The molecular formula is C57H39NO2. The van der Waals surface area contributed by atoms with Gasteiger partial charge in [0.2, 0.25) is 0 Å². The Labute approximate surface area is 348 Å². The minimum atomic E-state index is -0.183. The molecule has 2 heterocycles. The highest BCUT2D eigenvalue weighted by Gasteiger charge is 2.36. The average Bonchev–Trinajstić information content (AvgIpc) is 3.94. The van der Waals surface area contributed by atoms with Crippen LogP contribution in [0.15, 0.2) is 209 Å². The SMILES string of the molecule is CC1(C)c2ccccc2-c2ccc(N(c3ccc4c(c3)oc3ccccc34)c3ccc4oc5ccccc5c4c3-c3ccc(-c4ccccc4)cc3-c3ccccc3)cc21. The third-order valence-electron chi connectivity index (χ3n) is 12.7. The lowest BCUT2D eigenvalue weighted by Gasteiger charge is -2.30. The molecule has 0 fully saturated rings. The number of benzene rings is 9. The van der Waals surface area contributed by atoms with Gasteiger partial charge in [0.25, 0.3) is 0 Å². The summed E-state index contributed by atoms with van der Waals surface area (Å²) in [6, 6.07) is 72.0. The molecule has 0 N–H and O–H groups in total. The van der Waals surface area contributed by atoms with Crippen LogP contribution in [-0.2, 0) is 5.41 Å². The first kappa shape index (κ1) is 34.4. The number of para-hydroxylation sites is 2. The molecule has 0 saturated carbocycles. The topological polar surface area (TPSA) is 29.5 Å². The lowest BCUT2D eigenvalue weighted by Crippen LogP contribution is -2.17. The number of anilines is 3. The van der Waals surface area contributed by atoms with Crippen LogP contribution < -0.4 is 4.90 Å². The molecule has 12 rings (SSSR count). The molecule has 60 heavy (non-hydrogen) atoms. The number of fused-ring (bicyclic) bond motifs is 9. The van der Waals surface area contributed by atoms with Crippen LogP contribution in [0.5, 0.6) is 0 Å². The molecular weight excluding hydrogens is 731 g/mol. The maximum absolute atomic E-state index is 6.68. The largest absolute Gasteiger partial charge is 0.456 e. The van der Waals surface area contributed by atoms with Crippen molar-refractivity contribution in [1.29, 1.82) is 0 Å². The molecule has 2 aromatic heterocycles. The molecule has 3 heteroatoms. The molecule has 0 radical (unpaired) electrons. The van der Waals surface area contributed by atoms with Gasteiger partial charge >= 0.3 is 0 Å². The Balaban J connectivity index is 1.19. The van der Waals surface area contributed by atoms with Crippen LogP contribution in [0.25, 0.3) is 88.4 Å². The van der Waals surface area contributed by atoms with Crippen LogP contribution in [0, 0.1) is 0 Å². The van der Waals surface area contributed by atoms with E-state index in [0.29, 0.717) is 0 Å². The van der Waals surface area contributed by atoms with E-state index in [1.807, 2.05) is 12.1 Å². The van der Waals surface area contributed by atoms with E-state index in [1.165, 1.54) is 27.8 Å². The third-order valence-corrected chi connectivity index (χ3v) is 12.7. The maximum atomic E-state index is 6.68. The number of hydrogen-bond acceptors (Lipinski definition) is 3. The highest BCUT2D eigenvalue weighted by molar-refractivity contribution is 6.18. The summed E-state index contributed by atoms with van der Waals surface area (Å²) in [5.41, 5.74) is 18.5. The maximum Gasteiger partial charge on any atom is 0.137 e. The van der Waals surface area contributed by atoms with E-state index in [1.54, 1.807) is 0 Å². The van der Waals surface area contributed by atoms with E-state index >= 15 is 0 Å². The molecule has 0 aliphatic heterocycles. The second-order valence-corrected chi connectivity index (χ2v) is 16.4. The first-order chi connectivity index (χ1) is 29.5. The minimum Gasteiger partial charge on any atom is -0.456 e. The molecule has 11 aromatic rings. The van der Waals surface area contributed by atoms with Crippen molar-refractivity contribution in [2.24, 2.45) is 0 Å². The lowest BCUT2D eigenvalue weighted by atomic mass is 9.82. The second-order valence-electron chi connectivity index (χ2n) is 16.4. The third kappa shape index (κ3) is 5.22. The van der Waals surface area contributed by atoms with Gasteiger partial charge in [0.05, 0.1) is 5.69 Å². The lowest BCUT2D eigenvalue weighted by molar-refractivity contribution is 0.660. The number of furan rings is 2. The predicted octanol–water partition coefficient (Wildman–Crippen LogP) is 16.3. The van der Waals surface area contributed by atoms with Crippen LogP contribution >= 0.6 is 0 Å². The van der Waals surface area contributed by atoms with Crippen LogP contribution in [0.1, 0.15) is 25.0 Å². The van der Waals surface area contributed by atoms with Gasteiger partial charge in [-0.15, -0.1) is 0 Å². The van der Waals surface area contributed by atoms with E-state index in [4.69, 9.17) is 8.83 Å². The molecule has 3 nitrogen and oxygen atoms in total. The Kier molecular flexibility index (Phi) is 7.58. The van der Waals surface area contributed by atoms with Crippen molar-refractivity contribution < 1.29 is 8.83 Å². The molecule has 0 amide bonds. The van der Waals surface area contributed by atoms with Gasteiger partial charge in [-0.05, 0) is 105 Å². The Morgan fingerprint density at radius 3 is 1.78 bits per heavy atom. The van der Waals surface area contributed by atoms with Gasteiger partial charge in [0.1, 0.15) is 22.3 Å². The quantitative estimate of drug-likeness (QED) is 0.169. The van der Waals surface area contributed by atoms with E-state index in [9.17, 15) is 0 Å². The fraction of sp³-hybridized carbons (Fsp3) is 0.0526. The van der Waals surface area contributed by atoms with Gasteiger partial charge in [-0.3, -0.25) is 0 Å². The first-order valence-electron chi connectivity index (χ1n) is 20.7. The summed E-state index contributed by atoms with van der Waals surface area (Å²) < 4.78 is 13.3. The second kappa shape index (κ2) is 13.2. The van der Waals surface area contributed by atoms with Crippen molar-refractivity contribution in [2.45, 2.75) is 19.3 Å². The zero-order valence-electron chi connectivity index (χ0n) is 33.3. The fourth-order valence-electron chi connectivity index (χ4n) is 9.81. The molecule has 0 saturated heterocycles. The predicted molar refractivity (Wildman–Crippen MR) is 250 cm³/mol. The summed E-state index contributed by atoms with van der Waals surface area (Å²) in [5.74, 6) is 0. The Morgan fingerprint density at radius 1 is 0.367 bits per heavy atom. The molecule has 1 aliphatic carbocycles. The molecule has 0 atom stereocenters. The summed E-state index contributed by atoms with van der Waals surface area (Å²) in [4.78, 5) is 2.43. The summed E-state index contributed by atoms with van der Waals surface area (Å²) in [6.45, 7) is 4.70. The van der Waals surface area contributed by atoms with Gasteiger partial charge in [0, 0.05) is 50.0 Å². The summed E-state index contributed by atoms with van der Waals surface area (Å²) in [7, 11) is 0. The number of nitrogens with zero attached hydrogens (tertiary/aromatic N) is 1. The van der Waals surface area contributed by atoms with Crippen LogP contribution in [-0.4, -0.2) is 0 Å². The van der Waals surface area contributed by atoms with Crippen molar-refractivity contribution in [1.82, 2.24) is 0 Å². The van der Waals surface area contributed by atoms with Crippen LogP contribution in [0.4, 0.5) is 17.1 Å². The van der Waals surface area contributed by atoms with Crippen LogP contribution in [0.3, 0.4) is 0 Å². The van der Waals surface area contributed by atoms with E-state index in [2.05, 4.69) is 207 Å². The van der Waals surface area contributed by atoms with E-state index < -0.39 is 0 Å². The number of hydrogen-bond donors (Lipinski definition) is 0. The van der Waals surface area contributed by atoms with Crippen molar-refractivity contribution in [3.05, 3.63) is 211 Å². The Bertz CT molecular complexity index is 3460. The highest BCUT2D eigenvalue weighted by atomic mass is 16.3. The average molecular weight is 770 g/mol. The van der Waals surface area contributed by atoms with Crippen molar-refractivity contribution in [3.8, 4) is 44.5 Å². The van der Waals surface area contributed by atoms with Gasteiger partial charge in [-0.25, -0.2) is 0 Å². The molecule has 1 aliphatic rings. The van der Waals surface area contributed by atoms with Gasteiger partial charge < -0.3 is 13.7 Å². The zero-order chi connectivity index (χ0) is 40.0. The van der Waals surface area contributed by atoms with Gasteiger partial charge in [-0.2, -0.15) is 0 Å².